The molecule has 0 heterocycles. The summed E-state index contributed by atoms with van der Waals surface area (Å²) >= 11 is 0. The van der Waals surface area contributed by atoms with Crippen molar-refractivity contribution in [2.45, 2.75) is 38.5 Å². The van der Waals surface area contributed by atoms with Gasteiger partial charge in [-0.25, -0.2) is 0 Å². The molecule has 3 aromatic rings. The van der Waals surface area contributed by atoms with Gasteiger partial charge in [0.05, 0.1) is 6.61 Å². The molecule has 29 heavy (non-hydrogen) atoms. The first-order chi connectivity index (χ1) is 13.8. The second kappa shape index (κ2) is 12.3. The number of ether oxygens (including phenoxy) is 1. The summed E-state index contributed by atoms with van der Waals surface area (Å²) in [4.78, 5) is 0. The lowest BCUT2D eigenvalue weighted by Crippen LogP contribution is -2.15. The second-order valence-corrected chi connectivity index (χ2v) is 7.32. The van der Waals surface area contributed by atoms with Gasteiger partial charge in [0.25, 0.3) is 0 Å². The van der Waals surface area contributed by atoms with Crippen LogP contribution in [-0.2, 0) is 6.42 Å². The van der Waals surface area contributed by atoms with E-state index in [-0.39, 0.29) is 12.4 Å². The molecular weight excluding hydrogens is 378 g/mol. The van der Waals surface area contributed by atoms with Crippen LogP contribution >= 0.6 is 12.4 Å². The van der Waals surface area contributed by atoms with E-state index in [9.17, 15) is 0 Å². The third kappa shape index (κ3) is 6.92. The molecular formula is C26H32ClNO. The van der Waals surface area contributed by atoms with Crippen molar-refractivity contribution in [2.75, 3.05) is 13.2 Å². The van der Waals surface area contributed by atoms with Crippen LogP contribution in [0, 0.1) is 0 Å². The van der Waals surface area contributed by atoms with E-state index in [4.69, 9.17) is 10.5 Å². The largest absolute Gasteiger partial charge is 0.494 e. The molecule has 0 amide bonds. The summed E-state index contributed by atoms with van der Waals surface area (Å²) in [5.74, 6) is 1.28. The average Bonchev–Trinajstić information content (AvgIpc) is 2.77. The zero-order chi connectivity index (χ0) is 19.6. The SMILES string of the molecule is CCCCCOc1ccc(CC(CN)c2ccc(-c3ccccc3)cc2)cc1.Cl. The molecule has 0 aliphatic carbocycles. The highest BCUT2D eigenvalue weighted by atomic mass is 35.5. The van der Waals surface area contributed by atoms with Crippen molar-refractivity contribution in [3.8, 4) is 16.9 Å². The van der Waals surface area contributed by atoms with Crippen molar-refractivity contribution in [3.05, 3.63) is 90.0 Å². The first kappa shape index (κ1) is 23.0. The van der Waals surface area contributed by atoms with Crippen LogP contribution in [0.4, 0.5) is 0 Å². The van der Waals surface area contributed by atoms with Crippen LogP contribution in [0.3, 0.4) is 0 Å². The first-order valence-electron chi connectivity index (χ1n) is 10.4. The molecule has 0 bridgehead atoms. The summed E-state index contributed by atoms with van der Waals surface area (Å²) in [6, 6.07) is 27.8. The van der Waals surface area contributed by atoms with Gasteiger partial charge in [0.1, 0.15) is 5.75 Å². The Morgan fingerprint density at radius 3 is 2.07 bits per heavy atom. The van der Waals surface area contributed by atoms with Gasteiger partial charge in [0.2, 0.25) is 0 Å². The van der Waals surface area contributed by atoms with Gasteiger partial charge in [-0.2, -0.15) is 0 Å². The van der Waals surface area contributed by atoms with E-state index in [2.05, 4.69) is 79.7 Å². The molecule has 3 aromatic carbocycles. The van der Waals surface area contributed by atoms with Crippen LogP contribution in [0.1, 0.15) is 43.2 Å². The number of hydrogen-bond acceptors (Lipinski definition) is 2. The predicted octanol–water partition coefficient (Wildman–Crippen LogP) is 6.63. The Hall–Kier alpha value is -2.29. The number of unbranched alkanes of at least 4 members (excludes halogenated alkanes) is 2. The monoisotopic (exact) mass is 409 g/mol. The van der Waals surface area contributed by atoms with Crippen LogP contribution in [0.5, 0.6) is 5.75 Å². The fraction of sp³-hybridized carbons (Fsp3) is 0.308. The van der Waals surface area contributed by atoms with Gasteiger partial charge in [-0.3, -0.25) is 0 Å². The molecule has 0 radical (unpaired) electrons. The topological polar surface area (TPSA) is 35.2 Å². The lowest BCUT2D eigenvalue weighted by Gasteiger charge is -2.16. The summed E-state index contributed by atoms with van der Waals surface area (Å²) in [6.45, 7) is 3.64. The van der Waals surface area contributed by atoms with Crippen molar-refractivity contribution in [1.82, 2.24) is 0 Å². The maximum atomic E-state index is 6.10. The highest BCUT2D eigenvalue weighted by Gasteiger charge is 2.11. The molecule has 0 saturated carbocycles. The van der Waals surface area contributed by atoms with E-state index in [0.29, 0.717) is 12.5 Å². The predicted molar refractivity (Wildman–Crippen MR) is 126 cm³/mol. The number of nitrogens with two attached hydrogens (primary N) is 1. The van der Waals surface area contributed by atoms with Crippen molar-refractivity contribution in [2.24, 2.45) is 5.73 Å². The van der Waals surface area contributed by atoms with E-state index in [1.165, 1.54) is 35.1 Å². The molecule has 1 atom stereocenters. The maximum absolute atomic E-state index is 6.10. The Bertz CT molecular complexity index is 816. The minimum absolute atomic E-state index is 0. The van der Waals surface area contributed by atoms with E-state index in [1.807, 2.05) is 6.07 Å². The molecule has 3 rings (SSSR count). The minimum Gasteiger partial charge on any atom is -0.494 e. The third-order valence-corrected chi connectivity index (χ3v) is 5.20. The molecule has 3 heteroatoms. The molecule has 1 unspecified atom stereocenters. The lowest BCUT2D eigenvalue weighted by atomic mass is 9.91. The lowest BCUT2D eigenvalue weighted by molar-refractivity contribution is 0.306. The molecule has 2 nitrogen and oxygen atoms in total. The average molecular weight is 410 g/mol. The molecule has 0 spiro atoms. The molecule has 154 valence electrons. The Morgan fingerprint density at radius 1 is 0.793 bits per heavy atom. The molecule has 0 saturated heterocycles. The smallest absolute Gasteiger partial charge is 0.119 e. The van der Waals surface area contributed by atoms with Gasteiger partial charge in [-0.1, -0.05) is 86.5 Å². The summed E-state index contributed by atoms with van der Waals surface area (Å²) in [6.07, 6.45) is 4.50. The van der Waals surface area contributed by atoms with Crippen LogP contribution in [0.2, 0.25) is 0 Å². The zero-order valence-corrected chi connectivity index (χ0v) is 18.0. The number of benzene rings is 3. The molecule has 2 N–H and O–H groups in total. The third-order valence-electron chi connectivity index (χ3n) is 5.20. The van der Waals surface area contributed by atoms with Crippen LogP contribution in [-0.4, -0.2) is 13.2 Å². The maximum Gasteiger partial charge on any atom is 0.119 e. The number of hydrogen-bond donors (Lipinski definition) is 1. The summed E-state index contributed by atoms with van der Waals surface area (Å²) in [5, 5.41) is 0. The van der Waals surface area contributed by atoms with Crippen LogP contribution < -0.4 is 10.5 Å². The molecule has 0 aliphatic rings. The Balaban J connectivity index is 0.00000300. The van der Waals surface area contributed by atoms with Crippen molar-refractivity contribution < 1.29 is 4.74 Å². The molecule has 0 fully saturated rings. The highest BCUT2D eigenvalue weighted by Crippen LogP contribution is 2.25. The van der Waals surface area contributed by atoms with Gasteiger partial charge < -0.3 is 10.5 Å². The van der Waals surface area contributed by atoms with E-state index in [1.54, 1.807) is 0 Å². The van der Waals surface area contributed by atoms with Gasteiger partial charge >= 0.3 is 0 Å². The van der Waals surface area contributed by atoms with E-state index < -0.39 is 0 Å². The fourth-order valence-electron chi connectivity index (χ4n) is 3.46. The molecule has 0 aromatic heterocycles. The Kier molecular flexibility index (Phi) is 9.76. The van der Waals surface area contributed by atoms with Gasteiger partial charge in [-0.05, 0) is 53.8 Å². The quantitative estimate of drug-likeness (QED) is 0.381. The second-order valence-electron chi connectivity index (χ2n) is 7.32. The summed E-state index contributed by atoms with van der Waals surface area (Å²) < 4.78 is 5.81. The fourth-order valence-corrected chi connectivity index (χ4v) is 3.46. The van der Waals surface area contributed by atoms with Gasteiger partial charge in [-0.15, -0.1) is 12.4 Å². The normalized spacial score (nSPS) is 11.5. The van der Waals surface area contributed by atoms with Crippen molar-refractivity contribution in [1.29, 1.82) is 0 Å². The van der Waals surface area contributed by atoms with Crippen LogP contribution in [0.25, 0.3) is 11.1 Å². The van der Waals surface area contributed by atoms with Crippen molar-refractivity contribution >= 4 is 12.4 Å². The minimum atomic E-state index is 0. The standard InChI is InChI=1S/C26H31NO.ClH/c1-2-3-7-18-28-26-16-10-21(11-17-26)19-25(20-27)24-14-12-23(13-15-24)22-8-5-4-6-9-22;/h4-6,8-17,25H,2-3,7,18-20,27H2,1H3;1H. The zero-order valence-electron chi connectivity index (χ0n) is 17.2. The van der Waals surface area contributed by atoms with E-state index in [0.717, 1.165) is 25.2 Å². The van der Waals surface area contributed by atoms with Gasteiger partial charge in [0.15, 0.2) is 0 Å². The van der Waals surface area contributed by atoms with Gasteiger partial charge in [0, 0.05) is 5.92 Å². The van der Waals surface area contributed by atoms with Crippen LogP contribution in [0.15, 0.2) is 78.9 Å². The Labute approximate surface area is 181 Å². The van der Waals surface area contributed by atoms with Crippen molar-refractivity contribution in [3.63, 3.8) is 0 Å². The summed E-state index contributed by atoms with van der Waals surface area (Å²) in [7, 11) is 0. The Morgan fingerprint density at radius 2 is 1.45 bits per heavy atom. The first-order valence-corrected chi connectivity index (χ1v) is 10.4. The summed E-state index contributed by atoms with van der Waals surface area (Å²) in [5.41, 5.74) is 11.2. The highest BCUT2D eigenvalue weighted by molar-refractivity contribution is 5.85. The number of halogens is 1. The van der Waals surface area contributed by atoms with E-state index >= 15 is 0 Å². The number of rotatable bonds is 10. The molecule has 0 aliphatic heterocycles.